The molecule has 1 rings (SSSR count). The molecular weight excluding hydrogens is 324 g/mol. The molecule has 1 heterocycles. The van der Waals surface area contributed by atoms with Gasteiger partial charge in [0.1, 0.15) is 0 Å². The Morgan fingerprint density at radius 1 is 1.24 bits per heavy atom. The maximum Gasteiger partial charge on any atom is 0.241 e. The number of aryl methyl sites for hydroxylation is 1. The summed E-state index contributed by atoms with van der Waals surface area (Å²) in [6.07, 6.45) is 6.48. The van der Waals surface area contributed by atoms with Crippen LogP contribution in [0, 0.1) is 6.92 Å². The average molecular weight is 351 g/mol. The van der Waals surface area contributed by atoms with E-state index in [9.17, 15) is 8.42 Å². The summed E-state index contributed by atoms with van der Waals surface area (Å²) in [6.45, 7) is 3.09. The van der Waals surface area contributed by atoms with Crippen molar-refractivity contribution in [2.24, 2.45) is 0 Å². The lowest BCUT2D eigenvalue weighted by molar-refractivity contribution is 0.573. The number of thiophene rings is 1. The number of rotatable bonds is 11. The normalized spacial score (nSPS) is 12.0. The standard InChI is InChI=1S/C14H26N2O2S3/c1-12-14(10-13(20-12)11-15-2)21(17,18)16-8-6-4-5-7-9-19-3/h10,15-16H,4-9,11H2,1-3H3. The van der Waals surface area contributed by atoms with E-state index < -0.39 is 10.0 Å². The van der Waals surface area contributed by atoms with Gasteiger partial charge in [0.25, 0.3) is 0 Å². The van der Waals surface area contributed by atoms with Gasteiger partial charge in [0.15, 0.2) is 0 Å². The molecule has 1 aromatic heterocycles. The minimum atomic E-state index is -3.36. The molecule has 122 valence electrons. The van der Waals surface area contributed by atoms with E-state index in [-0.39, 0.29) is 0 Å². The molecule has 0 aliphatic heterocycles. The van der Waals surface area contributed by atoms with Gasteiger partial charge in [-0.05, 0) is 44.9 Å². The highest BCUT2D eigenvalue weighted by Crippen LogP contribution is 2.25. The summed E-state index contributed by atoms with van der Waals surface area (Å²) in [5, 5.41) is 3.05. The second-order valence-corrected chi connectivity index (χ2v) is 9.03. The molecule has 21 heavy (non-hydrogen) atoms. The largest absolute Gasteiger partial charge is 0.315 e. The van der Waals surface area contributed by atoms with E-state index in [1.54, 1.807) is 6.07 Å². The number of hydrogen-bond acceptors (Lipinski definition) is 5. The van der Waals surface area contributed by atoms with Crippen LogP contribution in [-0.2, 0) is 16.6 Å². The lowest BCUT2D eigenvalue weighted by atomic mass is 10.2. The van der Waals surface area contributed by atoms with E-state index in [1.807, 2.05) is 25.7 Å². The Morgan fingerprint density at radius 3 is 2.62 bits per heavy atom. The van der Waals surface area contributed by atoms with Crippen molar-refractivity contribution in [2.45, 2.75) is 44.0 Å². The first kappa shape index (κ1) is 19.0. The van der Waals surface area contributed by atoms with Crippen molar-refractivity contribution in [1.29, 1.82) is 0 Å². The number of sulfonamides is 1. The van der Waals surface area contributed by atoms with Crippen molar-refractivity contribution < 1.29 is 8.42 Å². The van der Waals surface area contributed by atoms with Crippen molar-refractivity contribution in [3.8, 4) is 0 Å². The first-order valence-electron chi connectivity index (χ1n) is 7.23. The molecule has 0 aliphatic carbocycles. The van der Waals surface area contributed by atoms with Crippen LogP contribution >= 0.6 is 23.1 Å². The van der Waals surface area contributed by atoms with Crippen LogP contribution in [0.25, 0.3) is 0 Å². The summed E-state index contributed by atoms with van der Waals surface area (Å²) in [5.74, 6) is 1.19. The van der Waals surface area contributed by atoms with Gasteiger partial charge in [0.05, 0.1) is 4.90 Å². The van der Waals surface area contributed by atoms with Gasteiger partial charge in [-0.25, -0.2) is 13.1 Å². The molecule has 0 saturated heterocycles. The van der Waals surface area contributed by atoms with Gasteiger partial charge in [-0.15, -0.1) is 11.3 Å². The molecule has 0 radical (unpaired) electrons. The smallest absolute Gasteiger partial charge is 0.241 e. The zero-order valence-corrected chi connectivity index (χ0v) is 15.5. The molecule has 2 N–H and O–H groups in total. The molecule has 7 heteroatoms. The fourth-order valence-electron chi connectivity index (χ4n) is 2.06. The van der Waals surface area contributed by atoms with Crippen LogP contribution in [-0.4, -0.2) is 34.0 Å². The fourth-order valence-corrected chi connectivity index (χ4v) is 5.27. The van der Waals surface area contributed by atoms with Crippen LogP contribution < -0.4 is 10.0 Å². The summed E-state index contributed by atoms with van der Waals surface area (Å²) in [6, 6.07) is 1.78. The van der Waals surface area contributed by atoms with Crippen molar-refractivity contribution in [1.82, 2.24) is 10.0 Å². The Hall–Kier alpha value is -0.0800. The highest BCUT2D eigenvalue weighted by molar-refractivity contribution is 7.98. The number of thioether (sulfide) groups is 1. The van der Waals surface area contributed by atoms with E-state index in [0.29, 0.717) is 18.0 Å². The monoisotopic (exact) mass is 350 g/mol. The van der Waals surface area contributed by atoms with Crippen molar-refractivity contribution >= 4 is 33.1 Å². The number of hydrogen-bond donors (Lipinski definition) is 2. The van der Waals surface area contributed by atoms with Crippen molar-refractivity contribution in [3.05, 3.63) is 15.8 Å². The van der Waals surface area contributed by atoms with Gasteiger partial charge in [-0.3, -0.25) is 0 Å². The Labute approximate surface area is 137 Å². The van der Waals surface area contributed by atoms with E-state index in [4.69, 9.17) is 0 Å². The Balaban J connectivity index is 2.43. The maximum atomic E-state index is 12.3. The third-order valence-electron chi connectivity index (χ3n) is 3.13. The van der Waals surface area contributed by atoms with Gasteiger partial charge >= 0.3 is 0 Å². The average Bonchev–Trinajstić information content (AvgIpc) is 2.80. The third kappa shape index (κ3) is 6.69. The number of nitrogens with one attached hydrogen (secondary N) is 2. The van der Waals surface area contributed by atoms with Crippen molar-refractivity contribution in [2.75, 3.05) is 25.6 Å². The van der Waals surface area contributed by atoms with Crippen LogP contribution in [0.1, 0.15) is 35.4 Å². The lowest BCUT2D eigenvalue weighted by Gasteiger charge is -2.06. The van der Waals surface area contributed by atoms with Gasteiger partial charge in [0.2, 0.25) is 10.0 Å². The summed E-state index contributed by atoms with van der Waals surface area (Å²) in [7, 11) is -1.50. The van der Waals surface area contributed by atoms with Crippen molar-refractivity contribution in [3.63, 3.8) is 0 Å². The minimum absolute atomic E-state index is 0.431. The molecule has 0 bridgehead atoms. The molecular formula is C14H26N2O2S3. The fraction of sp³-hybridized carbons (Fsp3) is 0.714. The molecule has 0 aromatic carbocycles. The summed E-state index contributed by atoms with van der Waals surface area (Å²) >= 11 is 3.39. The highest BCUT2D eigenvalue weighted by atomic mass is 32.2. The second-order valence-electron chi connectivity index (χ2n) is 4.97. The predicted molar refractivity (Wildman–Crippen MR) is 93.9 cm³/mol. The number of unbranched alkanes of at least 4 members (excludes halogenated alkanes) is 3. The zero-order chi connectivity index (χ0) is 15.7. The van der Waals surface area contributed by atoms with Gasteiger partial charge in [-0.1, -0.05) is 12.8 Å². The topological polar surface area (TPSA) is 58.2 Å². The van der Waals surface area contributed by atoms with E-state index in [1.165, 1.54) is 29.9 Å². The molecule has 1 aromatic rings. The van der Waals surface area contributed by atoms with Crippen LogP contribution in [0.15, 0.2) is 11.0 Å². The molecule has 0 aliphatic rings. The molecule has 0 atom stereocenters. The first-order chi connectivity index (χ1) is 10.0. The molecule has 0 amide bonds. The maximum absolute atomic E-state index is 12.3. The van der Waals surface area contributed by atoms with E-state index >= 15 is 0 Å². The molecule has 0 spiro atoms. The molecule has 4 nitrogen and oxygen atoms in total. The summed E-state index contributed by atoms with van der Waals surface area (Å²) < 4.78 is 27.3. The lowest BCUT2D eigenvalue weighted by Crippen LogP contribution is -2.25. The Kier molecular flexibility index (Phi) is 8.89. The van der Waals surface area contributed by atoms with Crippen LogP contribution in [0.2, 0.25) is 0 Å². The van der Waals surface area contributed by atoms with E-state index in [0.717, 1.165) is 22.6 Å². The Morgan fingerprint density at radius 2 is 1.95 bits per heavy atom. The molecule has 0 saturated carbocycles. The Bertz CT molecular complexity index is 512. The van der Waals surface area contributed by atoms with Crippen LogP contribution in [0.4, 0.5) is 0 Å². The quantitative estimate of drug-likeness (QED) is 0.602. The zero-order valence-electron chi connectivity index (χ0n) is 13.1. The summed E-state index contributed by atoms with van der Waals surface area (Å²) in [4.78, 5) is 2.33. The SMILES string of the molecule is CNCc1cc(S(=O)(=O)NCCCCCCSC)c(C)s1. The highest BCUT2D eigenvalue weighted by Gasteiger charge is 2.19. The van der Waals surface area contributed by atoms with Crippen LogP contribution in [0.5, 0.6) is 0 Å². The second kappa shape index (κ2) is 9.84. The van der Waals surface area contributed by atoms with Gasteiger partial charge in [0, 0.05) is 22.8 Å². The minimum Gasteiger partial charge on any atom is -0.315 e. The molecule has 0 unspecified atom stereocenters. The van der Waals surface area contributed by atoms with Gasteiger partial charge in [-0.2, -0.15) is 11.8 Å². The first-order valence-corrected chi connectivity index (χ1v) is 10.9. The summed E-state index contributed by atoms with van der Waals surface area (Å²) in [5.41, 5.74) is 0. The predicted octanol–water partition coefficient (Wildman–Crippen LogP) is 2.98. The third-order valence-corrected chi connectivity index (χ3v) is 6.59. The van der Waals surface area contributed by atoms with Crippen LogP contribution in [0.3, 0.4) is 0 Å². The molecule has 0 fully saturated rings. The van der Waals surface area contributed by atoms with Gasteiger partial charge < -0.3 is 5.32 Å². The van der Waals surface area contributed by atoms with E-state index in [2.05, 4.69) is 16.3 Å².